The zero-order chi connectivity index (χ0) is 17.7. The largest absolute Gasteiger partial charge is 0.481 e. The van der Waals surface area contributed by atoms with Crippen LogP contribution in [0, 0.1) is 13.8 Å². The summed E-state index contributed by atoms with van der Waals surface area (Å²) in [5.74, 6) is -0.250. The van der Waals surface area contributed by atoms with Crippen LogP contribution >= 0.6 is 15.9 Å². The van der Waals surface area contributed by atoms with E-state index in [-0.39, 0.29) is 12.5 Å². The Bertz CT molecular complexity index is 727. The van der Waals surface area contributed by atoms with E-state index in [1.807, 2.05) is 32.0 Å². The molecule has 8 heteroatoms. The van der Waals surface area contributed by atoms with Crippen LogP contribution in [0.25, 0.3) is 0 Å². The van der Waals surface area contributed by atoms with Gasteiger partial charge in [0.25, 0.3) is 11.8 Å². The summed E-state index contributed by atoms with van der Waals surface area (Å²) in [6.45, 7) is 5.34. The van der Waals surface area contributed by atoms with Gasteiger partial charge in [0.05, 0.1) is 5.69 Å². The molecule has 0 aliphatic rings. The Labute approximate surface area is 148 Å². The summed E-state index contributed by atoms with van der Waals surface area (Å²) in [6, 6.07) is 9.00. The predicted molar refractivity (Wildman–Crippen MR) is 92.2 cm³/mol. The molecule has 0 saturated carbocycles. The number of rotatable bonds is 5. The number of hydrogen-bond donors (Lipinski definition) is 2. The third kappa shape index (κ3) is 5.09. The van der Waals surface area contributed by atoms with E-state index in [2.05, 4.69) is 31.9 Å². The molecule has 0 spiro atoms. The van der Waals surface area contributed by atoms with Gasteiger partial charge >= 0.3 is 0 Å². The van der Waals surface area contributed by atoms with Crippen LogP contribution in [0.3, 0.4) is 0 Å². The number of nitrogens with zero attached hydrogens (tertiary/aromatic N) is 2. The molecule has 1 heterocycles. The number of carbonyl (C=O) groups excluding carboxylic acids is 2. The summed E-state index contributed by atoms with van der Waals surface area (Å²) in [6.07, 6.45) is -0.750. The monoisotopic (exact) mass is 394 g/mol. The first-order valence-electron chi connectivity index (χ1n) is 7.37. The first-order chi connectivity index (χ1) is 11.3. The van der Waals surface area contributed by atoms with E-state index in [1.165, 1.54) is 0 Å². The summed E-state index contributed by atoms with van der Waals surface area (Å²) >= 11 is 3.33. The molecule has 0 fully saturated rings. The first-order valence-corrected chi connectivity index (χ1v) is 8.16. The van der Waals surface area contributed by atoms with E-state index >= 15 is 0 Å². The lowest BCUT2D eigenvalue weighted by molar-refractivity contribution is -0.133. The van der Waals surface area contributed by atoms with E-state index in [4.69, 9.17) is 4.74 Å². The number of nitrogens with one attached hydrogen (secondary N) is 2. The second-order valence-electron chi connectivity index (χ2n) is 5.34. The summed E-state index contributed by atoms with van der Waals surface area (Å²) in [7, 11) is 0. The minimum Gasteiger partial charge on any atom is -0.481 e. The molecular formula is C16H19BrN4O3. The number of benzene rings is 1. The molecule has 0 saturated heterocycles. The summed E-state index contributed by atoms with van der Waals surface area (Å²) in [4.78, 5) is 23.8. The zero-order valence-electron chi connectivity index (χ0n) is 13.7. The van der Waals surface area contributed by atoms with Gasteiger partial charge < -0.3 is 4.74 Å². The molecule has 2 N–H and O–H groups in total. The lowest BCUT2D eigenvalue weighted by Gasteiger charge is -2.15. The standard InChI is InChI=1S/C16H19BrN4O3/c1-10-8-11(2)21(20-10)9-15(22)18-19-16(23)12(3)24-14-6-4-13(17)5-7-14/h4-8,12H,9H2,1-3H3,(H,18,22)(H,19,23)/t12-/m0/s1. The summed E-state index contributed by atoms with van der Waals surface area (Å²) in [5.41, 5.74) is 6.41. The average molecular weight is 395 g/mol. The van der Waals surface area contributed by atoms with Crippen LogP contribution in [-0.2, 0) is 16.1 Å². The highest BCUT2D eigenvalue weighted by Crippen LogP contribution is 2.17. The SMILES string of the molecule is Cc1cc(C)n(CC(=O)NNC(=O)[C@H](C)Oc2ccc(Br)cc2)n1. The number of hydrazine groups is 1. The van der Waals surface area contributed by atoms with Crippen molar-refractivity contribution >= 4 is 27.7 Å². The number of halogens is 1. The van der Waals surface area contributed by atoms with E-state index in [0.29, 0.717) is 5.75 Å². The van der Waals surface area contributed by atoms with Gasteiger partial charge in [-0.2, -0.15) is 5.10 Å². The van der Waals surface area contributed by atoms with E-state index in [9.17, 15) is 9.59 Å². The third-order valence-electron chi connectivity index (χ3n) is 3.22. The van der Waals surface area contributed by atoms with Crippen molar-refractivity contribution in [3.8, 4) is 5.75 Å². The maximum absolute atomic E-state index is 12.0. The highest BCUT2D eigenvalue weighted by atomic mass is 79.9. The van der Waals surface area contributed by atoms with Crippen molar-refractivity contribution in [2.75, 3.05) is 0 Å². The van der Waals surface area contributed by atoms with Crippen molar-refractivity contribution in [1.82, 2.24) is 20.6 Å². The second-order valence-corrected chi connectivity index (χ2v) is 6.25. The molecule has 2 amide bonds. The number of aryl methyl sites for hydroxylation is 2. The maximum Gasteiger partial charge on any atom is 0.279 e. The van der Waals surface area contributed by atoms with E-state index in [0.717, 1.165) is 15.9 Å². The first kappa shape index (κ1) is 18.0. The van der Waals surface area contributed by atoms with Crippen LogP contribution in [0.4, 0.5) is 0 Å². The number of aromatic nitrogens is 2. The normalized spacial score (nSPS) is 11.7. The molecule has 24 heavy (non-hydrogen) atoms. The van der Waals surface area contributed by atoms with Gasteiger partial charge in [-0.05, 0) is 51.1 Å². The molecular weight excluding hydrogens is 376 g/mol. The Kier molecular flexibility index (Phi) is 5.97. The van der Waals surface area contributed by atoms with Gasteiger partial charge in [0, 0.05) is 10.2 Å². The van der Waals surface area contributed by atoms with Crippen LogP contribution in [-0.4, -0.2) is 27.7 Å². The number of hydrogen-bond acceptors (Lipinski definition) is 4. The molecule has 0 bridgehead atoms. The molecule has 1 aromatic carbocycles. The minimum atomic E-state index is -0.750. The smallest absolute Gasteiger partial charge is 0.279 e. The molecule has 0 unspecified atom stereocenters. The van der Waals surface area contributed by atoms with Gasteiger partial charge in [-0.25, -0.2) is 0 Å². The van der Waals surface area contributed by atoms with Crippen LogP contribution in [0.5, 0.6) is 5.75 Å². The molecule has 128 valence electrons. The fourth-order valence-electron chi connectivity index (χ4n) is 2.01. The third-order valence-corrected chi connectivity index (χ3v) is 3.75. The van der Waals surface area contributed by atoms with Crippen molar-refractivity contribution in [3.05, 3.63) is 46.2 Å². The minimum absolute atomic E-state index is 0.0297. The zero-order valence-corrected chi connectivity index (χ0v) is 15.3. The van der Waals surface area contributed by atoms with Gasteiger partial charge in [-0.3, -0.25) is 25.1 Å². The van der Waals surface area contributed by atoms with E-state index < -0.39 is 12.0 Å². The molecule has 0 aliphatic carbocycles. The molecule has 0 aliphatic heterocycles. The molecule has 2 rings (SSSR count). The molecule has 2 aromatic rings. The quantitative estimate of drug-likeness (QED) is 0.758. The topological polar surface area (TPSA) is 85.2 Å². The van der Waals surface area contributed by atoms with Gasteiger partial charge in [0.15, 0.2) is 6.10 Å². The average Bonchev–Trinajstić information content (AvgIpc) is 2.84. The van der Waals surface area contributed by atoms with Crippen molar-refractivity contribution in [2.24, 2.45) is 0 Å². The molecule has 1 aromatic heterocycles. The molecule has 0 radical (unpaired) electrons. The van der Waals surface area contributed by atoms with Crippen LogP contribution in [0.1, 0.15) is 18.3 Å². The number of carbonyl (C=O) groups is 2. The lowest BCUT2D eigenvalue weighted by Crippen LogP contribution is -2.48. The fourth-order valence-corrected chi connectivity index (χ4v) is 2.28. The Morgan fingerprint density at radius 2 is 1.92 bits per heavy atom. The molecule has 7 nitrogen and oxygen atoms in total. The second kappa shape index (κ2) is 7.96. The Morgan fingerprint density at radius 1 is 1.25 bits per heavy atom. The van der Waals surface area contributed by atoms with Gasteiger partial charge in [-0.1, -0.05) is 15.9 Å². The lowest BCUT2D eigenvalue weighted by atomic mass is 10.3. The van der Waals surface area contributed by atoms with Gasteiger partial charge in [-0.15, -0.1) is 0 Å². The van der Waals surface area contributed by atoms with Gasteiger partial charge in [0.2, 0.25) is 0 Å². The molecule has 1 atom stereocenters. The Hall–Kier alpha value is -2.35. The fraction of sp³-hybridized carbons (Fsp3) is 0.312. The van der Waals surface area contributed by atoms with E-state index in [1.54, 1.807) is 23.7 Å². The van der Waals surface area contributed by atoms with Gasteiger partial charge in [0.1, 0.15) is 12.3 Å². The van der Waals surface area contributed by atoms with Crippen molar-refractivity contribution in [1.29, 1.82) is 0 Å². The highest BCUT2D eigenvalue weighted by molar-refractivity contribution is 9.10. The van der Waals surface area contributed by atoms with Crippen LogP contribution in [0.15, 0.2) is 34.8 Å². The van der Waals surface area contributed by atoms with Crippen molar-refractivity contribution < 1.29 is 14.3 Å². The summed E-state index contributed by atoms with van der Waals surface area (Å²) in [5, 5.41) is 4.19. The highest BCUT2D eigenvalue weighted by Gasteiger charge is 2.16. The maximum atomic E-state index is 12.0. The van der Waals surface area contributed by atoms with Crippen LogP contribution < -0.4 is 15.6 Å². The van der Waals surface area contributed by atoms with Crippen molar-refractivity contribution in [3.63, 3.8) is 0 Å². The van der Waals surface area contributed by atoms with Crippen LogP contribution in [0.2, 0.25) is 0 Å². The summed E-state index contributed by atoms with van der Waals surface area (Å²) < 4.78 is 7.99. The predicted octanol–water partition coefficient (Wildman–Crippen LogP) is 1.88. The Morgan fingerprint density at radius 3 is 2.50 bits per heavy atom. The number of amides is 2. The van der Waals surface area contributed by atoms with Crippen molar-refractivity contribution in [2.45, 2.75) is 33.4 Å². The number of ether oxygens (including phenoxy) is 1. The Balaban J connectivity index is 1.80.